The number of aliphatic hydroxyl groups excluding tert-OH is 1. The second kappa shape index (κ2) is 7.13. The zero-order chi connectivity index (χ0) is 13.5. The Morgan fingerprint density at radius 1 is 1.56 bits per heavy atom. The van der Waals surface area contributed by atoms with E-state index in [9.17, 15) is 14.7 Å². The largest absolute Gasteiger partial charge is 0.391 e. The van der Waals surface area contributed by atoms with Gasteiger partial charge < -0.3 is 15.3 Å². The molecule has 0 bridgehead atoms. The van der Waals surface area contributed by atoms with Crippen molar-refractivity contribution in [1.29, 1.82) is 0 Å². The van der Waals surface area contributed by atoms with Crippen LogP contribution in [0.2, 0.25) is 0 Å². The first-order valence-corrected chi connectivity index (χ1v) is 6.66. The minimum Gasteiger partial charge on any atom is -0.391 e. The average Bonchev–Trinajstić information content (AvgIpc) is 2.88. The van der Waals surface area contributed by atoms with Crippen LogP contribution in [0, 0.1) is 0 Å². The first-order valence-electron chi connectivity index (χ1n) is 5.78. The lowest BCUT2D eigenvalue weighted by Gasteiger charge is -2.16. The Hall–Kier alpha value is -1.40. The standard InChI is InChI=1S/C12H18N2O3S/c1-3-9(15)7-13-11(16)8-14(2)12(17)10-5-4-6-18-10/h4-6,9,15H,3,7-8H2,1-2H3,(H,13,16). The van der Waals surface area contributed by atoms with Crippen LogP contribution in [-0.2, 0) is 4.79 Å². The van der Waals surface area contributed by atoms with E-state index in [2.05, 4.69) is 5.32 Å². The number of carbonyl (C=O) groups excluding carboxylic acids is 2. The molecule has 0 aliphatic rings. The normalized spacial score (nSPS) is 11.9. The van der Waals surface area contributed by atoms with E-state index in [1.807, 2.05) is 12.3 Å². The third-order valence-electron chi connectivity index (χ3n) is 2.47. The molecule has 0 aliphatic carbocycles. The molecule has 0 spiro atoms. The number of aliphatic hydroxyl groups is 1. The van der Waals surface area contributed by atoms with Gasteiger partial charge in [-0.05, 0) is 17.9 Å². The van der Waals surface area contributed by atoms with Gasteiger partial charge in [0.1, 0.15) is 0 Å². The van der Waals surface area contributed by atoms with Crippen LogP contribution >= 0.6 is 11.3 Å². The molecule has 0 aliphatic heterocycles. The molecule has 5 nitrogen and oxygen atoms in total. The van der Waals surface area contributed by atoms with Crippen molar-refractivity contribution in [3.63, 3.8) is 0 Å². The highest BCUT2D eigenvalue weighted by Gasteiger charge is 2.15. The van der Waals surface area contributed by atoms with Crippen LogP contribution in [0.3, 0.4) is 0 Å². The fraction of sp³-hybridized carbons (Fsp3) is 0.500. The first kappa shape index (κ1) is 14.7. The molecule has 0 fully saturated rings. The van der Waals surface area contributed by atoms with Crippen molar-refractivity contribution in [1.82, 2.24) is 10.2 Å². The summed E-state index contributed by atoms with van der Waals surface area (Å²) in [5.74, 6) is -0.439. The third-order valence-corrected chi connectivity index (χ3v) is 3.32. The predicted octanol–water partition coefficient (Wildman–Crippen LogP) is 0.707. The number of thiophene rings is 1. The molecule has 1 aromatic heterocycles. The molecule has 1 aromatic rings. The van der Waals surface area contributed by atoms with Gasteiger partial charge in [0.05, 0.1) is 17.5 Å². The van der Waals surface area contributed by atoms with Gasteiger partial charge in [-0.2, -0.15) is 0 Å². The summed E-state index contributed by atoms with van der Waals surface area (Å²) in [6.45, 7) is 2.05. The van der Waals surface area contributed by atoms with E-state index in [-0.39, 0.29) is 24.9 Å². The molecular weight excluding hydrogens is 252 g/mol. The maximum absolute atomic E-state index is 11.8. The van der Waals surface area contributed by atoms with Crippen LogP contribution in [0.15, 0.2) is 17.5 Å². The van der Waals surface area contributed by atoms with Crippen LogP contribution in [0.1, 0.15) is 23.0 Å². The zero-order valence-corrected chi connectivity index (χ0v) is 11.4. The highest BCUT2D eigenvalue weighted by molar-refractivity contribution is 7.12. The van der Waals surface area contributed by atoms with E-state index in [4.69, 9.17) is 0 Å². The van der Waals surface area contributed by atoms with E-state index < -0.39 is 6.10 Å². The Balaban J connectivity index is 2.38. The highest BCUT2D eigenvalue weighted by Crippen LogP contribution is 2.10. The molecule has 1 heterocycles. The number of likely N-dealkylation sites (N-methyl/N-ethyl adjacent to an activating group) is 1. The highest BCUT2D eigenvalue weighted by atomic mass is 32.1. The SMILES string of the molecule is CCC(O)CNC(=O)CN(C)C(=O)c1cccs1. The van der Waals surface area contributed by atoms with Crippen molar-refractivity contribution in [2.75, 3.05) is 20.1 Å². The summed E-state index contributed by atoms with van der Waals surface area (Å²) >= 11 is 1.35. The number of amides is 2. The van der Waals surface area contributed by atoms with Gasteiger partial charge in [-0.25, -0.2) is 0 Å². The molecule has 18 heavy (non-hydrogen) atoms. The Bertz CT molecular complexity index is 392. The maximum Gasteiger partial charge on any atom is 0.264 e. The molecule has 0 saturated carbocycles. The smallest absolute Gasteiger partial charge is 0.264 e. The van der Waals surface area contributed by atoms with Gasteiger partial charge in [0.2, 0.25) is 5.91 Å². The van der Waals surface area contributed by atoms with Gasteiger partial charge in [-0.15, -0.1) is 11.3 Å². The monoisotopic (exact) mass is 270 g/mol. The second-order valence-corrected chi connectivity index (χ2v) is 4.95. The molecule has 0 radical (unpaired) electrons. The minimum absolute atomic E-state index is 0.00678. The van der Waals surface area contributed by atoms with Crippen LogP contribution in [0.5, 0.6) is 0 Å². The molecule has 100 valence electrons. The maximum atomic E-state index is 11.8. The number of nitrogens with one attached hydrogen (secondary N) is 1. The van der Waals surface area contributed by atoms with Crippen LogP contribution in [-0.4, -0.2) is 48.1 Å². The van der Waals surface area contributed by atoms with Crippen LogP contribution in [0.25, 0.3) is 0 Å². The van der Waals surface area contributed by atoms with E-state index in [1.54, 1.807) is 19.2 Å². The predicted molar refractivity (Wildman–Crippen MR) is 70.6 cm³/mol. The Kier molecular flexibility index (Phi) is 5.80. The minimum atomic E-state index is -0.535. The van der Waals surface area contributed by atoms with Crippen molar-refractivity contribution >= 4 is 23.2 Å². The number of hydrogen-bond acceptors (Lipinski definition) is 4. The Labute approximate surface area is 110 Å². The zero-order valence-electron chi connectivity index (χ0n) is 10.5. The molecule has 0 saturated heterocycles. The van der Waals surface area contributed by atoms with Crippen LogP contribution in [0.4, 0.5) is 0 Å². The van der Waals surface area contributed by atoms with E-state index in [0.717, 1.165) is 0 Å². The van der Waals surface area contributed by atoms with Crippen molar-refractivity contribution in [2.24, 2.45) is 0 Å². The Morgan fingerprint density at radius 3 is 2.83 bits per heavy atom. The fourth-order valence-electron chi connectivity index (χ4n) is 1.31. The second-order valence-electron chi connectivity index (χ2n) is 4.00. The lowest BCUT2D eigenvalue weighted by atomic mass is 10.3. The van der Waals surface area contributed by atoms with Gasteiger partial charge in [0, 0.05) is 13.6 Å². The van der Waals surface area contributed by atoms with Gasteiger partial charge >= 0.3 is 0 Å². The molecule has 1 unspecified atom stereocenters. The van der Waals surface area contributed by atoms with E-state index in [0.29, 0.717) is 11.3 Å². The van der Waals surface area contributed by atoms with Gasteiger partial charge in [0.25, 0.3) is 5.91 Å². The number of nitrogens with zero attached hydrogens (tertiary/aromatic N) is 1. The summed E-state index contributed by atoms with van der Waals surface area (Å²) in [5.41, 5.74) is 0. The molecule has 6 heteroatoms. The summed E-state index contributed by atoms with van der Waals surface area (Å²) in [6, 6.07) is 3.52. The molecule has 2 amide bonds. The van der Waals surface area contributed by atoms with Crippen molar-refractivity contribution in [2.45, 2.75) is 19.4 Å². The van der Waals surface area contributed by atoms with Crippen LogP contribution < -0.4 is 5.32 Å². The van der Waals surface area contributed by atoms with E-state index >= 15 is 0 Å². The quantitative estimate of drug-likeness (QED) is 0.799. The third kappa shape index (κ3) is 4.46. The van der Waals surface area contributed by atoms with Gasteiger partial charge in [0.15, 0.2) is 0 Å². The average molecular weight is 270 g/mol. The molecule has 1 rings (SSSR count). The number of hydrogen-bond donors (Lipinski definition) is 2. The summed E-state index contributed by atoms with van der Waals surface area (Å²) in [5, 5.41) is 13.7. The van der Waals surface area contributed by atoms with Gasteiger partial charge in [-0.1, -0.05) is 13.0 Å². The summed E-state index contributed by atoms with van der Waals surface area (Å²) < 4.78 is 0. The lowest BCUT2D eigenvalue weighted by molar-refractivity contribution is -0.122. The van der Waals surface area contributed by atoms with Crippen molar-refractivity contribution in [3.8, 4) is 0 Å². The lowest BCUT2D eigenvalue weighted by Crippen LogP contribution is -2.40. The van der Waals surface area contributed by atoms with E-state index in [1.165, 1.54) is 16.2 Å². The molecule has 2 N–H and O–H groups in total. The molecular formula is C12H18N2O3S. The van der Waals surface area contributed by atoms with Crippen molar-refractivity contribution < 1.29 is 14.7 Å². The molecule has 0 aromatic carbocycles. The fourth-order valence-corrected chi connectivity index (χ4v) is 2.02. The van der Waals surface area contributed by atoms with Crippen molar-refractivity contribution in [3.05, 3.63) is 22.4 Å². The summed E-state index contributed by atoms with van der Waals surface area (Å²) in [4.78, 5) is 25.3. The Morgan fingerprint density at radius 2 is 2.28 bits per heavy atom. The topological polar surface area (TPSA) is 69.6 Å². The summed E-state index contributed by atoms with van der Waals surface area (Å²) in [7, 11) is 1.58. The number of carbonyl (C=O) groups is 2. The molecule has 1 atom stereocenters. The first-order chi connectivity index (χ1) is 8.54. The summed E-state index contributed by atoms with van der Waals surface area (Å²) in [6.07, 6.45) is 0.0526. The van der Waals surface area contributed by atoms with Gasteiger partial charge in [-0.3, -0.25) is 9.59 Å². The number of rotatable bonds is 6.